The maximum Gasteiger partial charge on any atom is 0.256 e. The Bertz CT molecular complexity index is 963. The summed E-state index contributed by atoms with van der Waals surface area (Å²) in [6.07, 6.45) is 6.10. The van der Waals surface area contributed by atoms with Crippen LogP contribution in [0.15, 0.2) is 30.3 Å². The standard InChI is InChI=1S/C24H27F3N2O/c1-15-8-11-20(19(26)12-15)28-22-17(9-10-18(25)21(22)27)23(30)29-13-24(2,14-29)16-6-4-3-5-7-16/h8-12,16,28H,3-7,13-14H2,1-2H3. The lowest BCUT2D eigenvalue weighted by Gasteiger charge is -2.53. The minimum Gasteiger partial charge on any atom is -0.350 e. The lowest BCUT2D eigenvalue weighted by molar-refractivity contribution is -0.0293. The van der Waals surface area contributed by atoms with Gasteiger partial charge in [0.1, 0.15) is 5.82 Å². The van der Waals surface area contributed by atoms with Crippen LogP contribution >= 0.6 is 0 Å². The van der Waals surface area contributed by atoms with Gasteiger partial charge in [0, 0.05) is 18.5 Å². The normalized spacial score (nSPS) is 18.8. The molecule has 2 aromatic carbocycles. The van der Waals surface area contributed by atoms with Crippen molar-refractivity contribution in [3.8, 4) is 0 Å². The number of aryl methyl sites for hydroxylation is 1. The van der Waals surface area contributed by atoms with Crippen LogP contribution in [0.5, 0.6) is 0 Å². The van der Waals surface area contributed by atoms with Gasteiger partial charge in [0.25, 0.3) is 5.91 Å². The van der Waals surface area contributed by atoms with Crippen LogP contribution in [0.3, 0.4) is 0 Å². The van der Waals surface area contributed by atoms with Crippen LogP contribution in [0.1, 0.15) is 54.9 Å². The van der Waals surface area contributed by atoms with Crippen LogP contribution in [0, 0.1) is 35.7 Å². The molecule has 1 saturated carbocycles. The zero-order valence-electron chi connectivity index (χ0n) is 17.4. The number of halogens is 3. The molecule has 0 radical (unpaired) electrons. The van der Waals surface area contributed by atoms with E-state index >= 15 is 0 Å². The fourth-order valence-corrected chi connectivity index (χ4v) is 4.90. The van der Waals surface area contributed by atoms with Crippen molar-refractivity contribution in [3.05, 3.63) is 58.9 Å². The zero-order valence-corrected chi connectivity index (χ0v) is 17.4. The largest absolute Gasteiger partial charge is 0.350 e. The first-order valence-corrected chi connectivity index (χ1v) is 10.6. The molecule has 3 nitrogen and oxygen atoms in total. The van der Waals surface area contributed by atoms with Crippen molar-refractivity contribution in [2.24, 2.45) is 11.3 Å². The molecular weight excluding hydrogens is 389 g/mol. The quantitative estimate of drug-likeness (QED) is 0.644. The second kappa shape index (κ2) is 7.97. The summed E-state index contributed by atoms with van der Waals surface area (Å²) in [6, 6.07) is 6.62. The molecule has 1 saturated heterocycles. The number of hydrogen-bond acceptors (Lipinski definition) is 2. The average molecular weight is 416 g/mol. The van der Waals surface area contributed by atoms with Gasteiger partial charge in [-0.3, -0.25) is 4.79 Å². The van der Waals surface area contributed by atoms with Gasteiger partial charge in [0.05, 0.1) is 16.9 Å². The highest BCUT2D eigenvalue weighted by Crippen LogP contribution is 2.45. The molecule has 2 aliphatic rings. The highest BCUT2D eigenvalue weighted by Gasteiger charge is 2.47. The fourth-order valence-electron chi connectivity index (χ4n) is 4.90. The minimum absolute atomic E-state index is 0.00481. The summed E-state index contributed by atoms with van der Waals surface area (Å²) in [5.74, 6) is -2.63. The van der Waals surface area contributed by atoms with E-state index in [4.69, 9.17) is 0 Å². The van der Waals surface area contributed by atoms with Gasteiger partial charge in [0.15, 0.2) is 11.6 Å². The molecule has 0 aromatic heterocycles. The third-order valence-corrected chi connectivity index (χ3v) is 6.69. The first-order valence-electron chi connectivity index (χ1n) is 10.6. The van der Waals surface area contributed by atoms with E-state index in [0.29, 0.717) is 24.6 Å². The van der Waals surface area contributed by atoms with E-state index in [1.807, 2.05) is 0 Å². The summed E-state index contributed by atoms with van der Waals surface area (Å²) < 4.78 is 42.8. The van der Waals surface area contributed by atoms with E-state index in [0.717, 1.165) is 6.07 Å². The second-order valence-electron chi connectivity index (χ2n) is 9.04. The molecule has 0 unspecified atom stereocenters. The van der Waals surface area contributed by atoms with E-state index < -0.39 is 17.5 Å². The van der Waals surface area contributed by atoms with Crippen LogP contribution in [0.2, 0.25) is 0 Å². The molecule has 6 heteroatoms. The molecule has 0 spiro atoms. The first kappa shape index (κ1) is 20.8. The van der Waals surface area contributed by atoms with E-state index in [-0.39, 0.29) is 28.3 Å². The number of carbonyl (C=O) groups is 1. The lowest BCUT2D eigenvalue weighted by atomic mass is 9.65. The van der Waals surface area contributed by atoms with Gasteiger partial charge in [0.2, 0.25) is 0 Å². The highest BCUT2D eigenvalue weighted by molar-refractivity contribution is 6.01. The Hall–Kier alpha value is -2.50. The van der Waals surface area contributed by atoms with E-state index in [1.54, 1.807) is 17.9 Å². The van der Waals surface area contributed by atoms with Gasteiger partial charge < -0.3 is 10.2 Å². The van der Waals surface area contributed by atoms with E-state index in [1.165, 1.54) is 50.3 Å². The molecule has 30 heavy (non-hydrogen) atoms. The van der Waals surface area contributed by atoms with Crippen LogP contribution < -0.4 is 5.32 Å². The van der Waals surface area contributed by atoms with Crippen molar-refractivity contribution >= 4 is 17.3 Å². The van der Waals surface area contributed by atoms with Gasteiger partial charge in [-0.05, 0) is 55.5 Å². The Morgan fingerprint density at radius 2 is 1.73 bits per heavy atom. The summed E-state index contributed by atoms with van der Waals surface area (Å²) in [5.41, 5.74) is 0.464. The van der Waals surface area contributed by atoms with Crippen molar-refractivity contribution in [3.63, 3.8) is 0 Å². The molecule has 0 atom stereocenters. The average Bonchev–Trinajstić information content (AvgIpc) is 2.71. The lowest BCUT2D eigenvalue weighted by Crippen LogP contribution is -2.60. The summed E-state index contributed by atoms with van der Waals surface area (Å²) in [6.45, 7) is 5.15. The number of benzene rings is 2. The Morgan fingerprint density at radius 3 is 2.40 bits per heavy atom. The summed E-state index contributed by atoms with van der Waals surface area (Å²) in [5, 5.41) is 2.61. The van der Waals surface area contributed by atoms with E-state index in [2.05, 4.69) is 12.2 Å². The van der Waals surface area contributed by atoms with Crippen LogP contribution in [-0.2, 0) is 0 Å². The molecule has 1 amide bonds. The van der Waals surface area contributed by atoms with Crippen molar-refractivity contribution in [1.82, 2.24) is 4.90 Å². The summed E-state index contributed by atoms with van der Waals surface area (Å²) >= 11 is 0. The molecule has 0 bridgehead atoms. The Labute approximate surface area is 175 Å². The Kier molecular flexibility index (Phi) is 5.51. The monoisotopic (exact) mass is 416 g/mol. The first-order chi connectivity index (χ1) is 14.3. The number of nitrogens with one attached hydrogen (secondary N) is 1. The van der Waals surface area contributed by atoms with Crippen molar-refractivity contribution < 1.29 is 18.0 Å². The molecule has 4 rings (SSSR count). The number of anilines is 2. The summed E-state index contributed by atoms with van der Waals surface area (Å²) in [7, 11) is 0. The smallest absolute Gasteiger partial charge is 0.256 e. The topological polar surface area (TPSA) is 32.3 Å². The number of rotatable bonds is 4. The predicted octanol–water partition coefficient (Wildman–Crippen LogP) is 6.20. The van der Waals surface area contributed by atoms with Gasteiger partial charge in [-0.25, -0.2) is 13.2 Å². The Balaban J connectivity index is 1.57. The number of hydrogen-bond donors (Lipinski definition) is 1. The van der Waals surface area contributed by atoms with Crippen molar-refractivity contribution in [2.75, 3.05) is 18.4 Å². The number of likely N-dealkylation sites (tertiary alicyclic amines) is 1. The van der Waals surface area contributed by atoms with Crippen LogP contribution in [0.25, 0.3) is 0 Å². The maximum absolute atomic E-state index is 14.6. The second-order valence-corrected chi connectivity index (χ2v) is 9.04. The van der Waals surface area contributed by atoms with Crippen LogP contribution in [-0.4, -0.2) is 23.9 Å². The van der Waals surface area contributed by atoms with Gasteiger partial charge in [-0.15, -0.1) is 0 Å². The third kappa shape index (κ3) is 3.80. The number of amides is 1. The molecule has 2 aromatic rings. The molecule has 1 aliphatic carbocycles. The number of nitrogens with zero attached hydrogens (tertiary/aromatic N) is 1. The maximum atomic E-state index is 14.6. The van der Waals surface area contributed by atoms with Gasteiger partial charge in [-0.2, -0.15) is 0 Å². The SMILES string of the molecule is Cc1ccc(Nc2c(C(=O)N3CC(C)(C4CCCCC4)C3)ccc(F)c2F)c(F)c1. The van der Waals surface area contributed by atoms with E-state index in [9.17, 15) is 18.0 Å². The minimum atomic E-state index is -1.18. The molecule has 160 valence electrons. The predicted molar refractivity (Wildman–Crippen MR) is 111 cm³/mol. The molecule has 1 aliphatic heterocycles. The fraction of sp³-hybridized carbons (Fsp3) is 0.458. The Morgan fingerprint density at radius 1 is 1.03 bits per heavy atom. The molecule has 2 fully saturated rings. The zero-order chi connectivity index (χ0) is 21.5. The number of carbonyl (C=O) groups excluding carboxylic acids is 1. The third-order valence-electron chi connectivity index (χ3n) is 6.69. The van der Waals surface area contributed by atoms with Gasteiger partial charge in [-0.1, -0.05) is 32.3 Å². The highest BCUT2D eigenvalue weighted by atomic mass is 19.2. The van der Waals surface area contributed by atoms with Gasteiger partial charge >= 0.3 is 0 Å². The molecular formula is C24H27F3N2O. The van der Waals surface area contributed by atoms with Crippen LogP contribution in [0.4, 0.5) is 24.5 Å². The molecule has 1 heterocycles. The van der Waals surface area contributed by atoms with Crippen molar-refractivity contribution in [1.29, 1.82) is 0 Å². The summed E-state index contributed by atoms with van der Waals surface area (Å²) in [4.78, 5) is 14.8. The molecule has 1 N–H and O–H groups in total. The van der Waals surface area contributed by atoms with Crippen molar-refractivity contribution in [2.45, 2.75) is 46.0 Å².